The van der Waals surface area contributed by atoms with Gasteiger partial charge in [-0.15, -0.1) is 0 Å². The Morgan fingerprint density at radius 1 is 0.966 bits per heavy atom. The molecule has 2 N–H and O–H groups in total. The van der Waals surface area contributed by atoms with E-state index < -0.39 is 17.6 Å². The van der Waals surface area contributed by atoms with E-state index in [1.165, 1.54) is 11.1 Å². The summed E-state index contributed by atoms with van der Waals surface area (Å²) in [6, 6.07) is 16.3. The van der Waals surface area contributed by atoms with Gasteiger partial charge in [0.25, 0.3) is 0 Å². The number of alkyl carbamates (subject to hydrolysis) is 1. The lowest BCUT2D eigenvalue weighted by Gasteiger charge is -2.52. The highest BCUT2D eigenvalue weighted by Gasteiger charge is 2.60. The van der Waals surface area contributed by atoms with Crippen molar-refractivity contribution in [2.24, 2.45) is 5.41 Å². The van der Waals surface area contributed by atoms with E-state index in [1.54, 1.807) is 0 Å². The van der Waals surface area contributed by atoms with Crippen LogP contribution in [0.3, 0.4) is 0 Å². The zero-order chi connectivity index (χ0) is 20.1. The molecule has 150 valence electrons. The maximum absolute atomic E-state index is 12.5. The first-order chi connectivity index (χ1) is 14.0. The van der Waals surface area contributed by atoms with Crippen LogP contribution in [0.5, 0.6) is 0 Å². The highest BCUT2D eigenvalue weighted by atomic mass is 16.5. The van der Waals surface area contributed by atoms with Gasteiger partial charge in [0.05, 0.1) is 0 Å². The van der Waals surface area contributed by atoms with E-state index in [-0.39, 0.29) is 17.9 Å². The van der Waals surface area contributed by atoms with Crippen LogP contribution in [0.15, 0.2) is 48.5 Å². The van der Waals surface area contributed by atoms with Gasteiger partial charge in [0.1, 0.15) is 12.1 Å². The Balaban J connectivity index is 1.28. The molecule has 29 heavy (non-hydrogen) atoms. The Morgan fingerprint density at radius 2 is 1.52 bits per heavy atom. The van der Waals surface area contributed by atoms with Crippen LogP contribution in [-0.2, 0) is 9.53 Å². The molecule has 2 aromatic carbocycles. The van der Waals surface area contributed by atoms with Crippen molar-refractivity contribution >= 4 is 12.1 Å². The van der Waals surface area contributed by atoms with Crippen LogP contribution in [0.2, 0.25) is 0 Å². The van der Waals surface area contributed by atoms with E-state index in [2.05, 4.69) is 29.6 Å². The molecule has 5 heteroatoms. The van der Waals surface area contributed by atoms with E-state index in [0.29, 0.717) is 12.8 Å². The number of ether oxygens (including phenoxy) is 1. The van der Waals surface area contributed by atoms with Crippen molar-refractivity contribution in [1.29, 1.82) is 0 Å². The summed E-state index contributed by atoms with van der Waals surface area (Å²) in [5, 5.41) is 12.4. The molecule has 0 atom stereocenters. The number of aliphatic carboxylic acids is 1. The fourth-order valence-corrected chi connectivity index (χ4v) is 5.83. The van der Waals surface area contributed by atoms with Gasteiger partial charge in [0, 0.05) is 5.92 Å². The lowest BCUT2D eigenvalue weighted by atomic mass is 9.56. The fraction of sp³-hybridized carbons (Fsp3) is 0.417. The van der Waals surface area contributed by atoms with E-state index in [0.717, 1.165) is 36.8 Å². The van der Waals surface area contributed by atoms with E-state index >= 15 is 0 Å². The van der Waals surface area contributed by atoms with Gasteiger partial charge in [-0.25, -0.2) is 9.59 Å². The Hall–Kier alpha value is -2.82. The number of benzene rings is 2. The Labute approximate surface area is 170 Å². The molecule has 2 aromatic rings. The van der Waals surface area contributed by atoms with Gasteiger partial charge < -0.3 is 15.2 Å². The maximum Gasteiger partial charge on any atom is 0.408 e. The van der Waals surface area contributed by atoms with Gasteiger partial charge in [-0.05, 0) is 53.4 Å². The number of carbonyl (C=O) groups is 2. The predicted octanol–water partition coefficient (Wildman–Crippen LogP) is 4.70. The molecule has 2 fully saturated rings. The van der Waals surface area contributed by atoms with Crippen molar-refractivity contribution < 1.29 is 19.4 Å². The summed E-state index contributed by atoms with van der Waals surface area (Å²) in [7, 11) is 0. The SMILES string of the molecule is O=C(NC1(C(=O)O)CC2(CCCC2)C1)OCC1c2ccccc2-c2ccccc21. The topological polar surface area (TPSA) is 75.6 Å². The van der Waals surface area contributed by atoms with Crippen LogP contribution in [0.4, 0.5) is 4.79 Å². The first-order valence-electron chi connectivity index (χ1n) is 10.4. The van der Waals surface area contributed by atoms with E-state index in [1.807, 2.05) is 24.3 Å². The second-order valence-corrected chi connectivity index (χ2v) is 8.90. The summed E-state index contributed by atoms with van der Waals surface area (Å²) in [6.45, 7) is 0.195. The number of amides is 1. The second kappa shape index (κ2) is 6.61. The van der Waals surface area contributed by atoms with Gasteiger partial charge >= 0.3 is 12.1 Å². The summed E-state index contributed by atoms with van der Waals surface area (Å²) in [5.74, 6) is -0.986. The van der Waals surface area contributed by atoms with Crippen LogP contribution >= 0.6 is 0 Å². The third-order valence-corrected chi connectivity index (χ3v) is 7.11. The van der Waals surface area contributed by atoms with Gasteiger partial charge in [0.2, 0.25) is 0 Å². The van der Waals surface area contributed by atoms with Crippen LogP contribution in [0.25, 0.3) is 11.1 Å². The van der Waals surface area contributed by atoms with Crippen LogP contribution in [0, 0.1) is 5.41 Å². The standard InChI is InChI=1S/C24H25NO4/c26-21(27)24(14-23(15-24)11-5-6-12-23)25-22(28)29-13-20-18-9-3-1-7-16(18)17-8-2-4-10-19(17)20/h1-4,7-10,20H,5-6,11-15H2,(H,25,28)(H,26,27). The number of hydrogen-bond acceptors (Lipinski definition) is 3. The van der Waals surface area contributed by atoms with Crippen LogP contribution < -0.4 is 5.32 Å². The molecule has 0 heterocycles. The van der Waals surface area contributed by atoms with Crippen molar-refractivity contribution in [3.05, 3.63) is 59.7 Å². The Morgan fingerprint density at radius 3 is 2.07 bits per heavy atom. The lowest BCUT2D eigenvalue weighted by Crippen LogP contribution is -2.66. The van der Waals surface area contributed by atoms with Gasteiger partial charge in [-0.2, -0.15) is 0 Å². The first-order valence-corrected chi connectivity index (χ1v) is 10.4. The molecule has 0 saturated heterocycles. The molecule has 1 spiro atoms. The summed E-state index contributed by atoms with van der Waals surface area (Å²) >= 11 is 0. The van der Waals surface area contributed by atoms with Crippen molar-refractivity contribution in [3.63, 3.8) is 0 Å². The molecule has 5 rings (SSSR count). The Bertz CT molecular complexity index is 923. The number of rotatable bonds is 4. The molecular formula is C24H25NO4. The normalized spacial score (nSPS) is 20.6. The summed E-state index contributed by atoms with van der Waals surface area (Å²) in [4.78, 5) is 24.4. The zero-order valence-electron chi connectivity index (χ0n) is 16.3. The largest absolute Gasteiger partial charge is 0.480 e. The quantitative estimate of drug-likeness (QED) is 0.792. The van der Waals surface area contributed by atoms with Crippen molar-refractivity contribution in [1.82, 2.24) is 5.32 Å². The molecule has 3 aliphatic carbocycles. The minimum Gasteiger partial charge on any atom is -0.480 e. The monoisotopic (exact) mass is 391 g/mol. The molecule has 3 aliphatic rings. The first kappa shape index (κ1) is 18.2. The molecule has 0 aliphatic heterocycles. The minimum atomic E-state index is -1.17. The third kappa shape index (κ3) is 2.91. The Kier molecular flexibility index (Phi) is 4.16. The lowest BCUT2D eigenvalue weighted by molar-refractivity contribution is -0.156. The van der Waals surface area contributed by atoms with Gasteiger partial charge in [0.15, 0.2) is 0 Å². The summed E-state index contributed by atoms with van der Waals surface area (Å²) in [6.07, 6.45) is 4.82. The third-order valence-electron chi connectivity index (χ3n) is 7.11. The number of carboxylic acids is 1. The molecule has 5 nitrogen and oxygen atoms in total. The van der Waals surface area contributed by atoms with Crippen LogP contribution in [-0.4, -0.2) is 29.3 Å². The van der Waals surface area contributed by atoms with Gasteiger partial charge in [-0.3, -0.25) is 0 Å². The smallest absolute Gasteiger partial charge is 0.408 e. The van der Waals surface area contributed by atoms with E-state index in [4.69, 9.17) is 4.74 Å². The van der Waals surface area contributed by atoms with Crippen LogP contribution in [0.1, 0.15) is 55.6 Å². The van der Waals surface area contributed by atoms with Crippen molar-refractivity contribution in [2.45, 2.75) is 50.0 Å². The fourth-order valence-electron chi connectivity index (χ4n) is 5.83. The summed E-state index contributed by atoms with van der Waals surface area (Å²) in [5.41, 5.74) is 3.55. The maximum atomic E-state index is 12.5. The molecular weight excluding hydrogens is 366 g/mol. The molecule has 0 unspecified atom stereocenters. The number of fused-ring (bicyclic) bond motifs is 3. The molecule has 0 aromatic heterocycles. The minimum absolute atomic E-state index is 0.0310. The number of carbonyl (C=O) groups excluding carboxylic acids is 1. The number of carboxylic acid groups (broad SMARTS) is 1. The number of hydrogen-bond donors (Lipinski definition) is 2. The molecule has 0 radical (unpaired) electrons. The van der Waals surface area contributed by atoms with Crippen molar-refractivity contribution in [3.8, 4) is 11.1 Å². The van der Waals surface area contributed by atoms with Crippen molar-refractivity contribution in [2.75, 3.05) is 6.61 Å². The number of nitrogens with one attached hydrogen (secondary N) is 1. The highest BCUT2D eigenvalue weighted by molar-refractivity contribution is 5.86. The highest BCUT2D eigenvalue weighted by Crippen LogP contribution is 2.58. The average Bonchev–Trinajstić information content (AvgIpc) is 3.29. The predicted molar refractivity (Wildman–Crippen MR) is 109 cm³/mol. The average molecular weight is 391 g/mol. The van der Waals surface area contributed by atoms with E-state index in [9.17, 15) is 14.7 Å². The molecule has 2 saturated carbocycles. The second-order valence-electron chi connectivity index (χ2n) is 8.90. The molecule has 1 amide bonds. The van der Waals surface area contributed by atoms with Gasteiger partial charge in [-0.1, -0.05) is 61.4 Å². The molecule has 0 bridgehead atoms. The zero-order valence-corrected chi connectivity index (χ0v) is 16.3. The summed E-state index contributed by atoms with van der Waals surface area (Å²) < 4.78 is 5.56.